The number of carboxylic acids is 1. The summed E-state index contributed by atoms with van der Waals surface area (Å²) in [6.45, 7) is -6.73. The lowest BCUT2D eigenvalue weighted by Gasteiger charge is -2.51. The zero-order valence-corrected chi connectivity index (χ0v) is 50.0. The van der Waals surface area contributed by atoms with E-state index in [0.717, 1.165) is 6.92 Å². The van der Waals surface area contributed by atoms with Gasteiger partial charge in [-0.2, -0.15) is 12.6 Å². The van der Waals surface area contributed by atoms with Crippen molar-refractivity contribution in [3.63, 3.8) is 0 Å². The molecule has 6 fully saturated rings. The van der Waals surface area contributed by atoms with Crippen molar-refractivity contribution in [1.82, 2.24) is 10.6 Å². The summed E-state index contributed by atoms with van der Waals surface area (Å²) >= 11 is 4.05. The van der Waals surface area contributed by atoms with E-state index in [1.165, 1.54) is 0 Å². The number of unbranched alkanes of at least 4 members (excludes halogenated alkanes) is 3. The number of rotatable bonds is 32. The molecule has 6 rings (SSSR count). The Kier molecular flexibility index (Phi) is 30.1. The predicted octanol–water partition coefficient (Wildman–Crippen LogP) is -12.8. The van der Waals surface area contributed by atoms with Crippen LogP contribution in [-0.2, 0) is 76.0 Å². The van der Waals surface area contributed by atoms with Crippen LogP contribution >= 0.6 is 12.6 Å². The van der Waals surface area contributed by atoms with Crippen LogP contribution in [0.25, 0.3) is 0 Å². The van der Waals surface area contributed by atoms with E-state index in [0.29, 0.717) is 44.3 Å². The smallest absolute Gasteiger partial charge is 0.364 e. The third kappa shape index (κ3) is 18.5. The number of aliphatic hydroxyl groups is 19. The molecule has 0 aromatic heterocycles. The van der Waals surface area contributed by atoms with Gasteiger partial charge in [-0.1, -0.05) is 12.8 Å². The van der Waals surface area contributed by atoms with Gasteiger partial charge in [0.15, 0.2) is 31.5 Å². The Morgan fingerprint density at radius 1 is 0.527 bits per heavy atom. The van der Waals surface area contributed by atoms with Gasteiger partial charge in [0.2, 0.25) is 11.8 Å². The van der Waals surface area contributed by atoms with Gasteiger partial charge in [0.05, 0.1) is 51.8 Å². The predicted molar refractivity (Wildman–Crippen MR) is 291 cm³/mol. The minimum Gasteiger partial charge on any atom is -0.477 e. The summed E-state index contributed by atoms with van der Waals surface area (Å²) in [5.41, 5.74) is 0. The summed E-state index contributed by atoms with van der Waals surface area (Å²) in [6.07, 6.45) is -55.6. The Balaban J connectivity index is 1.19. The number of carbonyl (C=O) groups excluding carboxylic acids is 3. The second-order valence-electron chi connectivity index (χ2n) is 22.7. The highest BCUT2D eigenvalue weighted by molar-refractivity contribution is 7.80. The molecule has 0 aliphatic carbocycles. The van der Waals surface area contributed by atoms with Crippen LogP contribution in [0.4, 0.5) is 0 Å². The SMILES string of the molecule is CC(=O)NC1[C@H](O[C@@H]2C(O)[C@@H](O[C@H]3C(CO)O[C@@H](O[C@@H]4C(O)[C@H](OCCCCCCC(=O)CCS)OC(CO)[C@@H]4O)C(O)[C@H]3O)OC(CO)[C@@H]2O)OC(CO)[C@H](O)[C@@H]1O[C@@H]1OC(CO)[C@H](O)[C@H](OC2(C(=O)O)C[C@@H](O)[C@@H](NC(=O)CO)C([C@H](O)[C@H](O)CO)O2)C1O. The lowest BCUT2D eigenvalue weighted by atomic mass is 9.88. The van der Waals surface area contributed by atoms with Crippen LogP contribution in [0.15, 0.2) is 0 Å². The molecule has 6 saturated heterocycles. The van der Waals surface area contributed by atoms with Crippen molar-refractivity contribution >= 4 is 36.2 Å². The average Bonchev–Trinajstić information content (AvgIpc) is 0.794. The van der Waals surface area contributed by atoms with E-state index in [2.05, 4.69) is 23.3 Å². The lowest BCUT2D eigenvalue weighted by Crippen LogP contribution is -2.71. The maximum Gasteiger partial charge on any atom is 0.364 e. The molecule has 6 heterocycles. The molecule has 0 aromatic carbocycles. The van der Waals surface area contributed by atoms with Crippen LogP contribution in [-0.4, -0.2) is 374 Å². The number of amides is 2. The fourth-order valence-corrected chi connectivity index (χ4v) is 11.6. The first kappa shape index (κ1) is 77.2. The van der Waals surface area contributed by atoms with Crippen LogP contribution in [0.3, 0.4) is 0 Å². The standard InChI is InChI=1S/C52H88N2O36S/c1-18(62)53-29-41(86-50-39(76)45(34(71)25(15-59)83-50)90-52(51(77)78)10-20(64)28(54-27(66)17-61)42(89-52)30(67)21(65)11-55)31(68)22(12-56)80-46(29)87-44-33(70)24(14-58)82-49(38(44)75)85-40-26(16-60)84-48(36(73)35(40)72)88-43-32(69)23(13-57)81-47(37(43)74)79-8-5-3-2-4-6-19(63)7-9-91/h20-26,28-50,55-61,64-65,67-76,91H,2-17H2,1H3,(H,53,62)(H,54,66)(H,77,78)/t20-,21-,22?,23?,24?,25?,26?,28-,29?,30-,31+,32+,33+,34+,35-,36?,37?,38?,39?,40+,41-,42?,43+,44+,45+,46+,47-,48+,49-,50+,52?/m1/s1. The van der Waals surface area contributed by atoms with E-state index in [1.54, 1.807) is 0 Å². The molecule has 38 nitrogen and oxygen atoms in total. The molecular formula is C52H88N2O36S. The molecule has 31 atom stereocenters. The Hall–Kier alpha value is -2.81. The first-order chi connectivity index (χ1) is 43.2. The minimum absolute atomic E-state index is 0.0147. The van der Waals surface area contributed by atoms with Gasteiger partial charge in [-0.05, 0) is 18.6 Å². The van der Waals surface area contributed by atoms with Gasteiger partial charge in [0, 0.05) is 32.8 Å². The van der Waals surface area contributed by atoms with Gasteiger partial charge >= 0.3 is 5.97 Å². The third-order valence-corrected chi connectivity index (χ3v) is 16.5. The normalized spacial score (nSPS) is 42.9. The molecule has 528 valence electrons. The number of carboxylic acid groups (broad SMARTS) is 1. The fourth-order valence-electron chi connectivity index (χ4n) is 11.4. The Labute approximate surface area is 523 Å². The van der Waals surface area contributed by atoms with E-state index >= 15 is 0 Å². The van der Waals surface area contributed by atoms with Crippen LogP contribution in [0.1, 0.15) is 51.9 Å². The summed E-state index contributed by atoms with van der Waals surface area (Å²) in [6, 6.07) is -3.79. The Bertz CT molecular complexity index is 2260. The number of nitrogens with one attached hydrogen (secondary N) is 2. The number of ether oxygens (including phenoxy) is 12. The number of hydrogen-bond acceptors (Lipinski definition) is 36. The molecule has 0 saturated carbocycles. The quantitative estimate of drug-likeness (QED) is 0.0220. The molecule has 0 spiro atoms. The van der Waals surface area contributed by atoms with Crippen LogP contribution < -0.4 is 10.6 Å². The minimum atomic E-state index is -3.30. The van der Waals surface area contributed by atoms with Crippen molar-refractivity contribution in [2.45, 2.75) is 242 Å². The number of aliphatic carboxylic acids is 1. The molecule has 6 aliphatic rings. The topological polar surface area (TPSA) is 608 Å². The van der Waals surface area contributed by atoms with Crippen molar-refractivity contribution in [2.24, 2.45) is 0 Å². The molecule has 39 heteroatoms. The van der Waals surface area contributed by atoms with E-state index in [4.69, 9.17) is 56.8 Å². The van der Waals surface area contributed by atoms with Crippen LogP contribution in [0, 0.1) is 0 Å². The average molecular weight is 1350 g/mol. The summed E-state index contributed by atoms with van der Waals surface area (Å²) in [5.74, 6) is -7.07. The monoisotopic (exact) mass is 1350 g/mol. The number of Topliss-reactive ketones (excluding diaryl/α,β-unsaturated/α-hetero) is 1. The summed E-state index contributed by atoms with van der Waals surface area (Å²) in [7, 11) is 0. The Morgan fingerprint density at radius 3 is 1.52 bits per heavy atom. The van der Waals surface area contributed by atoms with Gasteiger partial charge in [0.1, 0.15) is 153 Å². The number of aliphatic hydroxyl groups excluding tert-OH is 19. The van der Waals surface area contributed by atoms with E-state index < -0.39 is 260 Å². The number of ketones is 1. The molecule has 0 bridgehead atoms. The zero-order valence-electron chi connectivity index (χ0n) is 49.1. The van der Waals surface area contributed by atoms with Crippen molar-refractivity contribution in [3.8, 4) is 0 Å². The molecule has 12 unspecified atom stereocenters. The van der Waals surface area contributed by atoms with Gasteiger partial charge < -0.3 is 170 Å². The lowest BCUT2D eigenvalue weighted by molar-refractivity contribution is -0.393. The summed E-state index contributed by atoms with van der Waals surface area (Å²) < 4.78 is 69.1. The molecule has 22 N–H and O–H groups in total. The molecule has 0 aromatic rings. The van der Waals surface area contributed by atoms with Crippen LogP contribution in [0.5, 0.6) is 0 Å². The zero-order chi connectivity index (χ0) is 67.3. The van der Waals surface area contributed by atoms with Crippen molar-refractivity contribution < 1.29 is 178 Å². The maximum absolute atomic E-state index is 13.1. The molecule has 2 amide bonds. The van der Waals surface area contributed by atoms with Crippen LogP contribution in [0.2, 0.25) is 0 Å². The van der Waals surface area contributed by atoms with Gasteiger partial charge in [-0.25, -0.2) is 4.79 Å². The van der Waals surface area contributed by atoms with Crippen molar-refractivity contribution in [2.75, 3.05) is 58.6 Å². The fraction of sp³-hybridized carbons (Fsp3) is 0.923. The molecular weight excluding hydrogens is 1260 g/mol. The molecule has 6 aliphatic heterocycles. The van der Waals surface area contributed by atoms with Crippen molar-refractivity contribution in [1.29, 1.82) is 0 Å². The molecule has 0 radical (unpaired) electrons. The highest BCUT2D eigenvalue weighted by atomic mass is 32.1. The second kappa shape index (κ2) is 35.4. The van der Waals surface area contributed by atoms with Crippen molar-refractivity contribution in [3.05, 3.63) is 0 Å². The third-order valence-electron chi connectivity index (χ3n) is 16.3. The molecule has 91 heavy (non-hydrogen) atoms. The van der Waals surface area contributed by atoms with Gasteiger partial charge in [0.25, 0.3) is 5.79 Å². The number of thiol groups is 1. The van der Waals surface area contributed by atoms with E-state index in [1.807, 2.05) is 0 Å². The van der Waals surface area contributed by atoms with E-state index in [9.17, 15) is 121 Å². The number of carbonyl (C=O) groups is 4. The first-order valence-electron chi connectivity index (χ1n) is 29.4. The summed E-state index contributed by atoms with van der Waals surface area (Å²) in [4.78, 5) is 50.1. The Morgan fingerprint density at radius 2 is 0.989 bits per heavy atom. The first-order valence-corrected chi connectivity index (χ1v) is 30.0. The van der Waals surface area contributed by atoms with Gasteiger partial charge in [-0.15, -0.1) is 0 Å². The maximum atomic E-state index is 13.1. The second-order valence-corrected chi connectivity index (χ2v) is 23.2. The number of hydrogen-bond donors (Lipinski definition) is 23. The van der Waals surface area contributed by atoms with Gasteiger partial charge in [-0.3, -0.25) is 14.4 Å². The largest absolute Gasteiger partial charge is 0.477 e. The highest BCUT2D eigenvalue weighted by Gasteiger charge is 2.62. The highest BCUT2D eigenvalue weighted by Crippen LogP contribution is 2.40. The summed E-state index contributed by atoms with van der Waals surface area (Å²) in [5, 5.41) is 222. The van der Waals surface area contributed by atoms with E-state index in [-0.39, 0.29) is 12.4 Å².